The quantitative estimate of drug-likeness (QED) is 0.228. The Morgan fingerprint density at radius 2 is 1.92 bits per heavy atom. The summed E-state index contributed by atoms with van der Waals surface area (Å²) in [5, 5.41) is 9.82. The molecule has 3 saturated heterocycles. The summed E-state index contributed by atoms with van der Waals surface area (Å²) in [6, 6.07) is -0.910. The molecule has 37 heavy (non-hydrogen) atoms. The van der Waals surface area contributed by atoms with Crippen LogP contribution in [-0.4, -0.2) is 82.3 Å². The number of hydrogen-bond acceptors (Lipinski definition) is 6. The number of likely N-dealkylation sites (tertiary alicyclic amines) is 1. The number of esters is 1. The van der Waals surface area contributed by atoms with Crippen LogP contribution in [-0.2, 0) is 23.9 Å². The van der Waals surface area contributed by atoms with Crippen LogP contribution in [0.2, 0.25) is 0 Å². The number of β-amino-alcohol motifs (C(OH)–C–C–N with tert-alkyl or cyclic N) is 1. The lowest BCUT2D eigenvalue weighted by Gasteiger charge is -2.45. The number of ether oxygens (including phenoxy) is 2. The van der Waals surface area contributed by atoms with Gasteiger partial charge >= 0.3 is 5.97 Å². The number of nitrogens with zero attached hydrogens (tertiary/aromatic N) is 2. The summed E-state index contributed by atoms with van der Waals surface area (Å²) >= 11 is 0. The third-order valence-electron chi connectivity index (χ3n) is 7.97. The minimum absolute atomic E-state index is 0.00641. The molecule has 208 valence electrons. The predicted octanol–water partition coefficient (Wildman–Crippen LogP) is 3.48. The van der Waals surface area contributed by atoms with Gasteiger partial charge in [0.25, 0.3) is 0 Å². The summed E-state index contributed by atoms with van der Waals surface area (Å²) in [5.41, 5.74) is -1.66. The van der Waals surface area contributed by atoms with Gasteiger partial charge in [0.15, 0.2) is 0 Å². The van der Waals surface area contributed by atoms with Crippen molar-refractivity contribution in [2.75, 3.05) is 26.3 Å². The molecule has 0 radical (unpaired) electrons. The minimum Gasteiger partial charge on any atom is -0.465 e. The Hall–Kier alpha value is -2.19. The number of aliphatic hydroxyl groups is 1. The zero-order valence-corrected chi connectivity index (χ0v) is 23.3. The standard InChI is InChI=1S/C29H46N2O6/c1-8-10-11-12-18-36-26(35)21-20-13-14-29(37-20)22(21)24(33)30(16-17-32)23(29)25(34)31(15-9-2)28(6,7)19-27(3,4)5/h8-9,20-23,32H,1-2,10-19H2,3-7H3/t20-,21+,22+,23?,29?/m1/s1. The molecule has 8 nitrogen and oxygen atoms in total. The number of fused-ring (bicyclic) bond motifs is 1. The van der Waals surface area contributed by atoms with E-state index < -0.39 is 41.1 Å². The van der Waals surface area contributed by atoms with Crippen molar-refractivity contribution in [1.82, 2.24) is 9.80 Å². The van der Waals surface area contributed by atoms with Crippen molar-refractivity contribution in [1.29, 1.82) is 0 Å². The molecule has 3 aliphatic rings. The first-order valence-corrected chi connectivity index (χ1v) is 13.6. The number of rotatable bonds is 13. The van der Waals surface area contributed by atoms with Gasteiger partial charge < -0.3 is 24.4 Å². The number of allylic oxidation sites excluding steroid dienone is 1. The summed E-state index contributed by atoms with van der Waals surface area (Å²) in [6.45, 7) is 18.3. The molecule has 3 heterocycles. The highest BCUT2D eigenvalue weighted by atomic mass is 16.6. The maximum atomic E-state index is 14.4. The summed E-state index contributed by atoms with van der Waals surface area (Å²) in [6.07, 6.45) is 7.36. The maximum absolute atomic E-state index is 14.4. The van der Waals surface area contributed by atoms with Crippen molar-refractivity contribution < 1.29 is 29.0 Å². The van der Waals surface area contributed by atoms with Crippen molar-refractivity contribution in [3.8, 4) is 0 Å². The molecule has 1 spiro atoms. The van der Waals surface area contributed by atoms with Gasteiger partial charge in [-0.15, -0.1) is 13.2 Å². The fourth-order valence-corrected chi connectivity index (χ4v) is 7.01. The molecule has 0 saturated carbocycles. The number of amides is 2. The Morgan fingerprint density at radius 3 is 2.51 bits per heavy atom. The summed E-state index contributed by atoms with van der Waals surface area (Å²) in [5.74, 6) is -2.50. The second-order valence-electron chi connectivity index (χ2n) is 12.6. The molecule has 5 atom stereocenters. The summed E-state index contributed by atoms with van der Waals surface area (Å²) < 4.78 is 12.0. The topological polar surface area (TPSA) is 96.4 Å². The highest BCUT2D eigenvalue weighted by Gasteiger charge is 2.75. The SMILES string of the molecule is C=CCCCCOC(=O)[C@@H]1[C@H]2C(=O)N(CCO)C(C(=O)N(CC=C)C(C)(C)CC(C)(C)C)C23CC[C@H]1O3. The maximum Gasteiger partial charge on any atom is 0.312 e. The average molecular weight is 519 g/mol. The normalized spacial score (nSPS) is 28.8. The molecular formula is C29H46N2O6. The Balaban J connectivity index is 1.92. The van der Waals surface area contributed by atoms with E-state index in [0.717, 1.165) is 25.7 Å². The molecule has 2 unspecified atom stereocenters. The minimum atomic E-state index is -1.10. The Kier molecular flexibility index (Phi) is 8.95. The highest BCUT2D eigenvalue weighted by Crippen LogP contribution is 2.59. The third-order valence-corrected chi connectivity index (χ3v) is 7.97. The molecule has 3 aliphatic heterocycles. The van der Waals surface area contributed by atoms with E-state index in [1.54, 1.807) is 11.0 Å². The van der Waals surface area contributed by atoms with Gasteiger partial charge in [0.1, 0.15) is 11.6 Å². The van der Waals surface area contributed by atoms with Crippen molar-refractivity contribution in [2.45, 2.75) is 96.4 Å². The van der Waals surface area contributed by atoms with Gasteiger partial charge in [0.05, 0.1) is 31.2 Å². The Bertz CT molecular complexity index is 893. The third kappa shape index (κ3) is 5.65. The fraction of sp³-hybridized carbons (Fsp3) is 0.759. The summed E-state index contributed by atoms with van der Waals surface area (Å²) in [4.78, 5) is 44.6. The lowest BCUT2D eigenvalue weighted by Crippen LogP contribution is -2.61. The second-order valence-corrected chi connectivity index (χ2v) is 12.6. The van der Waals surface area contributed by atoms with E-state index in [2.05, 4.69) is 33.9 Å². The van der Waals surface area contributed by atoms with Crippen LogP contribution in [0, 0.1) is 17.3 Å². The number of unbranched alkanes of at least 4 members (excludes halogenated alkanes) is 2. The molecule has 0 aromatic carbocycles. The monoisotopic (exact) mass is 518 g/mol. The van der Waals surface area contributed by atoms with E-state index in [9.17, 15) is 19.5 Å². The Labute approximate surface area is 222 Å². The van der Waals surface area contributed by atoms with Gasteiger partial charge in [-0.05, 0) is 57.8 Å². The van der Waals surface area contributed by atoms with Crippen LogP contribution >= 0.6 is 0 Å². The number of carbonyl (C=O) groups excluding carboxylic acids is 3. The summed E-state index contributed by atoms with van der Waals surface area (Å²) in [7, 11) is 0. The Morgan fingerprint density at radius 1 is 1.22 bits per heavy atom. The number of carbonyl (C=O) groups is 3. The van der Waals surface area contributed by atoms with Gasteiger partial charge in [0, 0.05) is 18.6 Å². The zero-order chi connectivity index (χ0) is 27.6. The molecule has 2 amide bonds. The molecule has 2 bridgehead atoms. The second kappa shape index (κ2) is 11.3. The van der Waals surface area contributed by atoms with E-state index >= 15 is 0 Å². The number of aliphatic hydroxyl groups excluding tert-OH is 1. The average Bonchev–Trinajstić information content (AvgIpc) is 3.43. The molecule has 0 aliphatic carbocycles. The van der Waals surface area contributed by atoms with Crippen LogP contribution in [0.3, 0.4) is 0 Å². The van der Waals surface area contributed by atoms with Crippen LogP contribution in [0.15, 0.2) is 25.3 Å². The fourth-order valence-electron chi connectivity index (χ4n) is 7.01. The van der Waals surface area contributed by atoms with Crippen LogP contribution < -0.4 is 0 Å². The lowest BCUT2D eigenvalue weighted by molar-refractivity contribution is -0.156. The molecular weight excluding hydrogens is 472 g/mol. The molecule has 3 rings (SSSR count). The smallest absolute Gasteiger partial charge is 0.312 e. The predicted molar refractivity (Wildman–Crippen MR) is 141 cm³/mol. The molecule has 3 fully saturated rings. The molecule has 1 N–H and O–H groups in total. The largest absolute Gasteiger partial charge is 0.465 e. The van der Waals surface area contributed by atoms with Gasteiger partial charge in [-0.2, -0.15) is 0 Å². The van der Waals surface area contributed by atoms with E-state index in [4.69, 9.17) is 9.47 Å². The molecule has 0 aromatic heterocycles. The van der Waals surface area contributed by atoms with Crippen LogP contribution in [0.4, 0.5) is 0 Å². The first-order valence-electron chi connectivity index (χ1n) is 13.6. The van der Waals surface area contributed by atoms with Crippen LogP contribution in [0.25, 0.3) is 0 Å². The lowest BCUT2D eigenvalue weighted by atomic mass is 9.70. The van der Waals surface area contributed by atoms with Crippen molar-refractivity contribution in [2.24, 2.45) is 17.3 Å². The van der Waals surface area contributed by atoms with Crippen LogP contribution in [0.1, 0.15) is 73.1 Å². The van der Waals surface area contributed by atoms with E-state index in [1.165, 1.54) is 4.90 Å². The van der Waals surface area contributed by atoms with Crippen molar-refractivity contribution in [3.63, 3.8) is 0 Å². The first-order chi connectivity index (χ1) is 17.3. The molecule has 0 aromatic rings. The van der Waals surface area contributed by atoms with E-state index in [-0.39, 0.29) is 37.0 Å². The first kappa shape index (κ1) is 29.4. The van der Waals surface area contributed by atoms with E-state index in [0.29, 0.717) is 19.4 Å². The zero-order valence-electron chi connectivity index (χ0n) is 23.3. The van der Waals surface area contributed by atoms with Crippen molar-refractivity contribution in [3.05, 3.63) is 25.3 Å². The van der Waals surface area contributed by atoms with E-state index in [1.807, 2.05) is 19.9 Å². The van der Waals surface area contributed by atoms with Crippen molar-refractivity contribution >= 4 is 17.8 Å². The molecule has 8 heteroatoms. The van der Waals surface area contributed by atoms with Gasteiger partial charge in [-0.3, -0.25) is 14.4 Å². The highest BCUT2D eigenvalue weighted by molar-refractivity contribution is 5.98. The number of hydrogen-bond donors (Lipinski definition) is 1. The van der Waals surface area contributed by atoms with Gasteiger partial charge in [0.2, 0.25) is 11.8 Å². The van der Waals surface area contributed by atoms with Gasteiger partial charge in [-0.25, -0.2) is 0 Å². The van der Waals surface area contributed by atoms with Crippen LogP contribution in [0.5, 0.6) is 0 Å². The van der Waals surface area contributed by atoms with Gasteiger partial charge in [-0.1, -0.05) is 32.9 Å².